The largest absolute Gasteiger partial charge is 0.494 e. The van der Waals surface area contributed by atoms with Crippen LogP contribution < -0.4 is 10.3 Å². The van der Waals surface area contributed by atoms with Gasteiger partial charge in [0.15, 0.2) is 5.75 Å². The van der Waals surface area contributed by atoms with E-state index in [1.807, 2.05) is 45.0 Å². The molecule has 0 atom stereocenters. The van der Waals surface area contributed by atoms with Crippen molar-refractivity contribution in [2.75, 3.05) is 7.11 Å². The molecule has 0 saturated carbocycles. The number of methoxy groups -OCH3 is 1. The Morgan fingerprint density at radius 2 is 1.64 bits per heavy atom. The quantitative estimate of drug-likeness (QED) is 0.529. The first kappa shape index (κ1) is 29.2. The van der Waals surface area contributed by atoms with E-state index in [0.29, 0.717) is 29.7 Å². The summed E-state index contributed by atoms with van der Waals surface area (Å²) in [5.41, 5.74) is 3.38. The second kappa shape index (κ2) is 14.1. The maximum absolute atomic E-state index is 13.1. The molecule has 2 rings (SSSR count). The Hall–Kier alpha value is -0.996. The minimum absolute atomic E-state index is 0. The Bertz CT molecular complexity index is 768. The molecule has 0 aliphatic heterocycles. The molecule has 4 nitrogen and oxygen atoms in total. The molecule has 0 spiro atoms. The summed E-state index contributed by atoms with van der Waals surface area (Å²) < 4.78 is 7.26. The summed E-state index contributed by atoms with van der Waals surface area (Å²) in [5.74, 6) is 1.39. The Balaban J connectivity index is 0. The maximum atomic E-state index is 13.1. The van der Waals surface area contributed by atoms with Gasteiger partial charge >= 0.3 is 0 Å². The Morgan fingerprint density at radius 1 is 1.07 bits per heavy atom. The van der Waals surface area contributed by atoms with Crippen LogP contribution in [-0.4, -0.2) is 16.9 Å². The first-order valence-corrected chi connectivity index (χ1v) is 9.59. The van der Waals surface area contributed by atoms with Crippen molar-refractivity contribution in [3.63, 3.8) is 0 Å². The molecule has 1 aromatic heterocycles. The van der Waals surface area contributed by atoms with Crippen LogP contribution in [0.4, 0.5) is 0 Å². The Kier molecular flexibility index (Phi) is 14.7. The summed E-state index contributed by atoms with van der Waals surface area (Å²) in [4.78, 5) is 13.1. The van der Waals surface area contributed by atoms with Crippen molar-refractivity contribution in [2.45, 2.75) is 61.4 Å². The minimum atomic E-state index is -0.0812. The topological polar surface area (TPSA) is 44.1 Å². The van der Waals surface area contributed by atoms with Gasteiger partial charge in [0.2, 0.25) is 0 Å². The summed E-state index contributed by atoms with van der Waals surface area (Å²) in [6, 6.07) is 7.93. The molecule has 0 aliphatic rings. The second-order valence-corrected chi connectivity index (χ2v) is 7.15. The van der Waals surface area contributed by atoms with Gasteiger partial charge in [-0.25, -0.2) is 4.68 Å². The van der Waals surface area contributed by atoms with Crippen LogP contribution in [0.15, 0.2) is 29.1 Å². The van der Waals surface area contributed by atoms with Crippen LogP contribution in [0.25, 0.3) is 11.1 Å². The van der Waals surface area contributed by atoms with E-state index in [2.05, 4.69) is 32.8 Å². The SMILES string of the molecule is CC.COc1c(CC(C)C)nn(CC(C)C)c(=O)c1-c1ccccc1C.[CH3-].[Y]. The summed E-state index contributed by atoms with van der Waals surface area (Å²) in [7, 11) is 1.62. The van der Waals surface area contributed by atoms with Crippen molar-refractivity contribution in [1.29, 1.82) is 0 Å². The Morgan fingerprint density at radius 3 is 2.11 bits per heavy atom. The molecule has 0 aliphatic carbocycles. The monoisotopic (exact) mass is 462 g/mol. The van der Waals surface area contributed by atoms with E-state index in [0.717, 1.165) is 23.2 Å². The number of ether oxygens (including phenoxy) is 1. The van der Waals surface area contributed by atoms with Gasteiger partial charge in [0.25, 0.3) is 5.56 Å². The van der Waals surface area contributed by atoms with E-state index in [9.17, 15) is 4.79 Å². The number of hydrogen-bond donors (Lipinski definition) is 0. The van der Waals surface area contributed by atoms with Crippen molar-refractivity contribution < 1.29 is 37.4 Å². The first-order valence-electron chi connectivity index (χ1n) is 9.59. The van der Waals surface area contributed by atoms with Gasteiger partial charge in [-0.1, -0.05) is 65.8 Å². The minimum Gasteiger partial charge on any atom is -0.494 e. The fourth-order valence-electron chi connectivity index (χ4n) is 2.91. The average molecular weight is 462 g/mol. The number of hydrogen-bond acceptors (Lipinski definition) is 3. The summed E-state index contributed by atoms with van der Waals surface area (Å²) >= 11 is 0. The van der Waals surface area contributed by atoms with Crippen LogP contribution >= 0.6 is 0 Å². The second-order valence-electron chi connectivity index (χ2n) is 7.15. The van der Waals surface area contributed by atoms with Crippen molar-refractivity contribution >= 4 is 0 Å². The molecule has 2 aromatic rings. The molecule has 1 radical (unpaired) electrons. The molecular weight excluding hydrogens is 425 g/mol. The van der Waals surface area contributed by atoms with E-state index < -0.39 is 0 Å². The molecule has 28 heavy (non-hydrogen) atoms. The van der Waals surface area contributed by atoms with E-state index in [1.165, 1.54) is 0 Å². The number of aromatic nitrogens is 2. The fourth-order valence-corrected chi connectivity index (χ4v) is 2.91. The molecule has 5 heteroatoms. The molecule has 0 N–H and O–H groups in total. The standard InChI is InChI=1S/C20H28N2O2.C2H6.CH3.Y/c1-13(2)11-17-19(24-6)18(16-10-8-7-9-15(16)5)20(23)22(21-17)12-14(3)4;1-2;;/h7-10,13-14H,11-12H2,1-6H3;1-2H3;1H3;/q;;-1;. The molecule has 0 bridgehead atoms. The van der Waals surface area contributed by atoms with Gasteiger partial charge < -0.3 is 12.2 Å². The third-order valence-electron chi connectivity index (χ3n) is 3.94. The van der Waals surface area contributed by atoms with Crippen LogP contribution in [0.5, 0.6) is 5.75 Å². The van der Waals surface area contributed by atoms with Crippen LogP contribution in [0.3, 0.4) is 0 Å². The van der Waals surface area contributed by atoms with Crippen molar-refractivity contribution in [2.24, 2.45) is 11.8 Å². The summed E-state index contributed by atoms with van der Waals surface area (Å²) in [5, 5.41) is 4.62. The molecular formula is C23H37N2O2Y-. The average Bonchev–Trinajstić information content (AvgIpc) is 2.59. The zero-order valence-corrected chi connectivity index (χ0v) is 22.0. The summed E-state index contributed by atoms with van der Waals surface area (Å²) in [6.45, 7) is 15.1. The van der Waals surface area contributed by atoms with Crippen LogP contribution in [-0.2, 0) is 45.7 Å². The molecule has 0 amide bonds. The summed E-state index contributed by atoms with van der Waals surface area (Å²) in [6.07, 6.45) is 0.778. The third-order valence-corrected chi connectivity index (χ3v) is 3.94. The van der Waals surface area contributed by atoms with E-state index in [1.54, 1.807) is 11.8 Å². The van der Waals surface area contributed by atoms with E-state index in [-0.39, 0.29) is 45.7 Å². The maximum Gasteiger partial charge on any atom is 0.278 e. The van der Waals surface area contributed by atoms with Gasteiger partial charge in [0.1, 0.15) is 5.69 Å². The predicted octanol–water partition coefficient (Wildman–Crippen LogP) is 5.56. The molecule has 1 heterocycles. The predicted molar refractivity (Wildman–Crippen MR) is 116 cm³/mol. The van der Waals surface area contributed by atoms with Crippen LogP contribution in [0.2, 0.25) is 0 Å². The van der Waals surface area contributed by atoms with Gasteiger partial charge in [0, 0.05) is 39.3 Å². The number of rotatable bonds is 6. The number of benzene rings is 1. The van der Waals surface area contributed by atoms with Crippen molar-refractivity contribution in [3.05, 3.63) is 53.3 Å². The van der Waals surface area contributed by atoms with Crippen molar-refractivity contribution in [3.8, 4) is 16.9 Å². The molecule has 1 aromatic carbocycles. The Labute approximate surface area is 197 Å². The number of aryl methyl sites for hydroxylation is 1. The molecule has 155 valence electrons. The third kappa shape index (κ3) is 7.44. The van der Waals surface area contributed by atoms with Crippen LogP contribution in [0, 0.1) is 26.2 Å². The van der Waals surface area contributed by atoms with Gasteiger partial charge in [-0.3, -0.25) is 4.79 Å². The first-order chi connectivity index (χ1) is 12.3. The fraction of sp³-hybridized carbons (Fsp3) is 0.522. The van der Waals surface area contributed by atoms with E-state index in [4.69, 9.17) is 4.74 Å². The van der Waals surface area contributed by atoms with E-state index >= 15 is 0 Å². The smallest absolute Gasteiger partial charge is 0.278 e. The van der Waals surface area contributed by atoms with Gasteiger partial charge in [-0.15, -0.1) is 0 Å². The normalized spacial score (nSPS) is 9.93. The van der Waals surface area contributed by atoms with Gasteiger partial charge in [-0.05, 0) is 36.3 Å². The van der Waals surface area contributed by atoms with Gasteiger partial charge in [0.05, 0.1) is 12.7 Å². The number of nitrogens with zero attached hydrogens (tertiary/aromatic N) is 2. The molecule has 0 unspecified atom stereocenters. The zero-order valence-electron chi connectivity index (χ0n) is 19.2. The molecule has 0 fully saturated rings. The van der Waals surface area contributed by atoms with Crippen molar-refractivity contribution in [1.82, 2.24) is 9.78 Å². The van der Waals surface area contributed by atoms with Crippen LogP contribution in [0.1, 0.15) is 52.8 Å². The van der Waals surface area contributed by atoms with Gasteiger partial charge in [-0.2, -0.15) is 5.10 Å². The molecule has 0 saturated heterocycles. The zero-order chi connectivity index (χ0) is 19.9.